The number of para-hydroxylation sites is 2. The average Bonchev–Trinajstić information content (AvgIpc) is 3.83. The Morgan fingerprint density at radius 3 is 1.11 bits per heavy atom. The molecule has 0 radical (unpaired) electrons. The molecule has 2 aliphatic carbocycles. The van der Waals surface area contributed by atoms with Crippen molar-refractivity contribution < 1.29 is 0 Å². The number of rotatable bonds is 13. The van der Waals surface area contributed by atoms with E-state index in [0.717, 1.165) is 59.0 Å². The second-order valence-electron chi connectivity index (χ2n) is 20.1. The van der Waals surface area contributed by atoms with Crippen LogP contribution >= 0.6 is 0 Å². The molecule has 2 nitrogen and oxygen atoms in total. The summed E-state index contributed by atoms with van der Waals surface area (Å²) < 4.78 is 0. The van der Waals surface area contributed by atoms with E-state index in [9.17, 15) is 0 Å². The summed E-state index contributed by atoms with van der Waals surface area (Å²) in [5, 5.41) is 0. The zero-order valence-corrected chi connectivity index (χ0v) is 41.4. The van der Waals surface area contributed by atoms with Crippen LogP contribution in [0.5, 0.6) is 0 Å². The Hall–Kier alpha value is -8.46. The smallest absolute Gasteiger partial charge is 0.0465 e. The Morgan fingerprint density at radius 2 is 0.694 bits per heavy atom. The fraction of sp³-hybridized carbons (Fsp3) is 0.114. The minimum atomic E-state index is -0.208. The summed E-state index contributed by atoms with van der Waals surface area (Å²) in [5.74, 6) is 0. The lowest BCUT2D eigenvalue weighted by molar-refractivity contribution is 0.583. The quantitative estimate of drug-likeness (QED) is 0.114. The van der Waals surface area contributed by atoms with Gasteiger partial charge in [-0.05, 0) is 170 Å². The van der Waals surface area contributed by atoms with Gasteiger partial charge >= 0.3 is 0 Å². The van der Waals surface area contributed by atoms with Crippen LogP contribution in [0.3, 0.4) is 0 Å². The van der Waals surface area contributed by atoms with E-state index in [2.05, 4.69) is 280 Å². The van der Waals surface area contributed by atoms with Crippen molar-refractivity contribution in [3.8, 4) is 33.4 Å². The highest BCUT2D eigenvalue weighted by molar-refractivity contribution is 5.88. The molecule has 2 atom stereocenters. The maximum Gasteiger partial charge on any atom is 0.0465 e. The van der Waals surface area contributed by atoms with Crippen molar-refractivity contribution in [3.63, 3.8) is 0 Å². The molecule has 72 heavy (non-hydrogen) atoms. The number of hydrogen-bond acceptors (Lipinski definition) is 2. The zero-order valence-electron chi connectivity index (χ0n) is 41.4. The van der Waals surface area contributed by atoms with Gasteiger partial charge < -0.3 is 9.80 Å². The highest BCUT2D eigenvalue weighted by Gasteiger charge is 2.41. The summed E-state index contributed by atoms with van der Waals surface area (Å²) in [6.45, 7) is 11.1. The molecule has 2 aliphatic rings. The molecule has 0 spiro atoms. The van der Waals surface area contributed by atoms with Crippen molar-refractivity contribution >= 4 is 40.2 Å². The molecule has 0 N–H and O–H groups in total. The van der Waals surface area contributed by atoms with E-state index in [1.165, 1.54) is 72.3 Å². The van der Waals surface area contributed by atoms with Gasteiger partial charge in [-0.15, -0.1) is 0 Å². The first-order valence-electron chi connectivity index (χ1n) is 25.5. The molecule has 0 aliphatic heterocycles. The van der Waals surface area contributed by atoms with E-state index in [-0.39, 0.29) is 10.8 Å². The molecule has 0 saturated heterocycles. The highest BCUT2D eigenvalue weighted by atomic mass is 15.1. The van der Waals surface area contributed by atoms with Crippen molar-refractivity contribution in [2.24, 2.45) is 0 Å². The maximum atomic E-state index is 3.98. The van der Waals surface area contributed by atoms with E-state index in [0.29, 0.717) is 0 Å². The topological polar surface area (TPSA) is 6.48 Å². The summed E-state index contributed by atoms with van der Waals surface area (Å²) in [6, 6.07) is 90.0. The van der Waals surface area contributed by atoms with Gasteiger partial charge in [0.25, 0.3) is 0 Å². The van der Waals surface area contributed by atoms with Crippen LogP contribution in [0.1, 0.15) is 65.3 Å². The Bertz CT molecular complexity index is 3580. The lowest BCUT2D eigenvalue weighted by atomic mass is 9.75. The van der Waals surface area contributed by atoms with Crippen molar-refractivity contribution in [1.82, 2.24) is 0 Å². The SMILES string of the molecule is C=Cc1ccc(CC2(C)c3ccccc3-c3ccc(N(c4ccccc4)c4ccc(-c5ccc(N(c6ccccc6)c6ccc7c(c6)C(C)(Cc6ccc(CC)cc6)c6ccccc6-7)cc5)cc4)cc32)cc1. The molecule has 10 aromatic rings. The predicted octanol–water partition coefficient (Wildman–Crippen LogP) is 18.6. The standard InChI is InChI=1S/C70H58N2/c1-5-49-25-29-51(30-26-49)47-69(3)65-23-15-13-21-61(65)63-43-41-59(45-67(63)69)71(55-17-9-7-10-18-55)57-37-33-53(34-38-57)54-35-39-58(40-36-54)72(56-19-11-8-12-20-56)60-42-44-64-62-22-14-16-24-66(62)70(4,68(64)46-60)48-52-31-27-50(6-2)28-32-52/h5,7-46H,1,6,47-48H2,2-4H3. The molecule has 0 heterocycles. The number of fused-ring (bicyclic) bond motifs is 6. The molecule has 0 amide bonds. The third-order valence-corrected chi connectivity index (χ3v) is 15.7. The fourth-order valence-electron chi connectivity index (χ4n) is 11.9. The molecule has 2 unspecified atom stereocenters. The summed E-state index contributed by atoms with van der Waals surface area (Å²) in [6.07, 6.45) is 4.79. The first kappa shape index (κ1) is 44.7. The lowest BCUT2D eigenvalue weighted by Crippen LogP contribution is -2.24. The summed E-state index contributed by atoms with van der Waals surface area (Å²) in [5.41, 5.74) is 24.7. The van der Waals surface area contributed by atoms with Crippen molar-refractivity contribution in [3.05, 3.63) is 294 Å². The van der Waals surface area contributed by atoms with E-state index < -0.39 is 0 Å². The minimum absolute atomic E-state index is 0.185. The zero-order chi connectivity index (χ0) is 48.8. The second-order valence-corrected chi connectivity index (χ2v) is 20.1. The van der Waals surface area contributed by atoms with Crippen molar-refractivity contribution in [2.75, 3.05) is 9.80 Å². The Labute approximate surface area is 425 Å². The molecule has 348 valence electrons. The molecule has 0 bridgehead atoms. The predicted molar refractivity (Wildman–Crippen MR) is 305 cm³/mol. The van der Waals surface area contributed by atoms with Crippen LogP contribution in [0.15, 0.2) is 249 Å². The first-order chi connectivity index (χ1) is 35.3. The monoisotopic (exact) mass is 926 g/mol. The molecule has 10 aromatic carbocycles. The number of anilines is 6. The lowest BCUT2D eigenvalue weighted by Gasteiger charge is -2.31. The van der Waals surface area contributed by atoms with E-state index >= 15 is 0 Å². The third kappa shape index (κ3) is 7.85. The minimum Gasteiger partial charge on any atom is -0.310 e. The van der Waals surface area contributed by atoms with Crippen LogP contribution in [0.4, 0.5) is 34.1 Å². The van der Waals surface area contributed by atoms with Gasteiger partial charge in [0.05, 0.1) is 0 Å². The van der Waals surface area contributed by atoms with E-state index in [4.69, 9.17) is 0 Å². The van der Waals surface area contributed by atoms with Crippen molar-refractivity contribution in [1.29, 1.82) is 0 Å². The molecular weight excluding hydrogens is 869 g/mol. The normalized spacial score (nSPS) is 16.0. The molecular formula is C70H58N2. The van der Waals surface area contributed by atoms with Crippen LogP contribution in [0, 0.1) is 0 Å². The van der Waals surface area contributed by atoms with Gasteiger partial charge in [0.2, 0.25) is 0 Å². The molecule has 2 heteroatoms. The van der Waals surface area contributed by atoms with Crippen LogP contribution in [0.2, 0.25) is 0 Å². The van der Waals surface area contributed by atoms with Crippen LogP contribution in [-0.2, 0) is 30.1 Å². The van der Waals surface area contributed by atoms with Gasteiger partial charge in [-0.25, -0.2) is 0 Å². The van der Waals surface area contributed by atoms with Gasteiger partial charge in [-0.3, -0.25) is 0 Å². The Kier molecular flexibility index (Phi) is 11.4. The Morgan fingerprint density at radius 1 is 0.347 bits per heavy atom. The summed E-state index contributed by atoms with van der Waals surface area (Å²) in [7, 11) is 0. The van der Waals surface area contributed by atoms with Gasteiger partial charge in [0, 0.05) is 45.0 Å². The van der Waals surface area contributed by atoms with Crippen molar-refractivity contribution in [2.45, 2.75) is 50.9 Å². The van der Waals surface area contributed by atoms with Crippen LogP contribution < -0.4 is 9.80 Å². The van der Waals surface area contributed by atoms with Crippen LogP contribution in [0.25, 0.3) is 39.5 Å². The third-order valence-electron chi connectivity index (χ3n) is 15.7. The summed E-state index contributed by atoms with van der Waals surface area (Å²) in [4.78, 5) is 4.80. The fourth-order valence-corrected chi connectivity index (χ4v) is 11.9. The maximum absolute atomic E-state index is 3.98. The van der Waals surface area contributed by atoms with E-state index in [1.807, 2.05) is 6.08 Å². The number of benzene rings is 10. The summed E-state index contributed by atoms with van der Waals surface area (Å²) >= 11 is 0. The largest absolute Gasteiger partial charge is 0.310 e. The average molecular weight is 927 g/mol. The molecule has 0 saturated carbocycles. The van der Waals surface area contributed by atoms with Gasteiger partial charge in [-0.2, -0.15) is 0 Å². The number of hydrogen-bond donors (Lipinski definition) is 0. The molecule has 12 rings (SSSR count). The molecule has 0 fully saturated rings. The second kappa shape index (κ2) is 18.4. The van der Waals surface area contributed by atoms with Gasteiger partial charge in [-0.1, -0.05) is 203 Å². The highest BCUT2D eigenvalue weighted by Crippen LogP contribution is 2.54. The van der Waals surface area contributed by atoms with Gasteiger partial charge in [0.15, 0.2) is 0 Å². The first-order valence-corrected chi connectivity index (χ1v) is 25.5. The number of aryl methyl sites for hydroxylation is 1. The number of nitrogens with zero attached hydrogens (tertiary/aromatic N) is 2. The molecule has 0 aromatic heterocycles. The van der Waals surface area contributed by atoms with Gasteiger partial charge in [0.1, 0.15) is 0 Å². The van der Waals surface area contributed by atoms with E-state index in [1.54, 1.807) is 0 Å². The van der Waals surface area contributed by atoms with Crippen LogP contribution in [-0.4, -0.2) is 0 Å². The Balaban J connectivity index is 0.872.